The maximum Gasteiger partial charge on any atom is 0.0888 e. The average molecular weight is 416 g/mol. The third-order valence-electron chi connectivity index (χ3n) is 2.27. The molecule has 90 valence electrons. The molecule has 0 fully saturated rings. The van der Waals surface area contributed by atoms with Gasteiger partial charge in [-0.3, -0.25) is 0 Å². The van der Waals surface area contributed by atoms with Crippen LogP contribution in [0.15, 0.2) is 32.5 Å². The monoisotopic (exact) mass is 413 g/mol. The maximum absolute atomic E-state index is 6.18. The van der Waals surface area contributed by atoms with Crippen molar-refractivity contribution in [2.45, 2.75) is 6.04 Å². The smallest absolute Gasteiger partial charge is 0.0888 e. The Kier molecular flexibility index (Phi) is 4.55. The minimum atomic E-state index is -0.260. The molecule has 1 aromatic carbocycles. The van der Waals surface area contributed by atoms with E-state index in [4.69, 9.17) is 28.9 Å². The van der Waals surface area contributed by atoms with Crippen LogP contribution in [0.3, 0.4) is 0 Å². The number of halogens is 4. The first-order valence-electron chi connectivity index (χ1n) is 4.64. The van der Waals surface area contributed by atoms with E-state index in [2.05, 4.69) is 31.9 Å². The van der Waals surface area contributed by atoms with Crippen molar-refractivity contribution in [3.8, 4) is 0 Å². The molecule has 1 heterocycles. The first-order valence-corrected chi connectivity index (χ1v) is 7.80. The molecule has 0 saturated carbocycles. The number of rotatable bonds is 2. The molecule has 0 aliphatic carbocycles. The Labute approximate surface area is 130 Å². The van der Waals surface area contributed by atoms with Crippen molar-refractivity contribution in [1.82, 2.24) is 0 Å². The van der Waals surface area contributed by atoms with Crippen LogP contribution < -0.4 is 5.73 Å². The van der Waals surface area contributed by atoms with E-state index in [9.17, 15) is 0 Å². The molecule has 0 aliphatic heterocycles. The number of hydrogen-bond acceptors (Lipinski definition) is 2. The number of hydrogen-bond donors (Lipinski definition) is 1. The Morgan fingerprint density at radius 3 is 2.35 bits per heavy atom. The molecule has 0 radical (unpaired) electrons. The molecule has 0 amide bonds. The zero-order valence-electron chi connectivity index (χ0n) is 8.38. The van der Waals surface area contributed by atoms with Crippen LogP contribution in [0, 0.1) is 0 Å². The summed E-state index contributed by atoms with van der Waals surface area (Å²) in [5.74, 6) is 0. The summed E-state index contributed by atoms with van der Waals surface area (Å²) in [5.41, 5.74) is 7.07. The van der Waals surface area contributed by atoms with Crippen LogP contribution >= 0.6 is 66.4 Å². The maximum atomic E-state index is 6.18. The summed E-state index contributed by atoms with van der Waals surface area (Å²) in [5, 5.41) is 1.32. The fourth-order valence-electron chi connectivity index (χ4n) is 1.42. The van der Waals surface area contributed by atoms with E-state index in [0.29, 0.717) is 10.0 Å². The van der Waals surface area contributed by atoms with Crippen molar-refractivity contribution in [3.05, 3.63) is 53.0 Å². The molecule has 2 N–H and O–H groups in total. The van der Waals surface area contributed by atoms with E-state index in [1.807, 2.05) is 24.3 Å². The summed E-state index contributed by atoms with van der Waals surface area (Å²) in [7, 11) is 0. The molecule has 2 rings (SSSR count). The van der Waals surface area contributed by atoms with Crippen molar-refractivity contribution >= 4 is 66.4 Å². The normalized spacial score (nSPS) is 12.8. The summed E-state index contributed by atoms with van der Waals surface area (Å²) in [4.78, 5) is 0.978. The average Bonchev–Trinajstić information content (AvgIpc) is 2.58. The molecular formula is C11H7Br2Cl2NS. The van der Waals surface area contributed by atoms with Crippen LogP contribution in [0.25, 0.3) is 0 Å². The van der Waals surface area contributed by atoms with Crippen LogP contribution in [0.1, 0.15) is 16.5 Å². The predicted molar refractivity (Wildman–Crippen MR) is 82.2 cm³/mol. The third-order valence-corrected chi connectivity index (χ3v) is 5.65. The molecule has 1 nitrogen and oxygen atoms in total. The predicted octanol–water partition coefficient (Wildman–Crippen LogP) is 5.63. The molecule has 6 heteroatoms. The highest BCUT2D eigenvalue weighted by Gasteiger charge is 2.16. The van der Waals surface area contributed by atoms with Gasteiger partial charge in [-0.05, 0) is 39.7 Å². The van der Waals surface area contributed by atoms with Crippen molar-refractivity contribution in [2.75, 3.05) is 0 Å². The standard InChI is InChI=1S/C11H7Br2Cl2NS/c12-5-1-2-6(7(14)3-5)10(16)9-4-8(15)11(13)17-9/h1-4,10H,16H2. The molecule has 17 heavy (non-hydrogen) atoms. The highest BCUT2D eigenvalue weighted by Crippen LogP contribution is 2.38. The Bertz CT molecular complexity index is 537. The summed E-state index contributed by atoms with van der Waals surface area (Å²) in [6.07, 6.45) is 0. The number of benzene rings is 1. The van der Waals surface area contributed by atoms with E-state index in [1.54, 1.807) is 0 Å². The second-order valence-electron chi connectivity index (χ2n) is 3.41. The van der Waals surface area contributed by atoms with Crippen molar-refractivity contribution < 1.29 is 0 Å². The molecule has 0 aliphatic rings. The Morgan fingerprint density at radius 1 is 1.12 bits per heavy atom. The highest BCUT2D eigenvalue weighted by molar-refractivity contribution is 9.11. The fraction of sp³-hybridized carbons (Fsp3) is 0.0909. The second-order valence-corrected chi connectivity index (χ2v) is 7.55. The quantitative estimate of drug-likeness (QED) is 0.676. The van der Waals surface area contributed by atoms with E-state index < -0.39 is 0 Å². The van der Waals surface area contributed by atoms with Crippen LogP contribution in [-0.2, 0) is 0 Å². The zero-order chi connectivity index (χ0) is 12.6. The van der Waals surface area contributed by atoms with Gasteiger partial charge in [0.1, 0.15) is 0 Å². The first-order chi connectivity index (χ1) is 7.99. The topological polar surface area (TPSA) is 26.0 Å². The van der Waals surface area contributed by atoms with Crippen LogP contribution in [-0.4, -0.2) is 0 Å². The van der Waals surface area contributed by atoms with Gasteiger partial charge in [0.25, 0.3) is 0 Å². The van der Waals surface area contributed by atoms with Crippen molar-refractivity contribution in [2.24, 2.45) is 5.73 Å². The minimum absolute atomic E-state index is 0.260. The van der Waals surface area contributed by atoms with E-state index >= 15 is 0 Å². The highest BCUT2D eigenvalue weighted by atomic mass is 79.9. The van der Waals surface area contributed by atoms with Crippen molar-refractivity contribution in [3.63, 3.8) is 0 Å². The van der Waals surface area contributed by atoms with E-state index in [0.717, 1.165) is 18.7 Å². The fourth-order valence-corrected chi connectivity index (χ4v) is 3.98. The Morgan fingerprint density at radius 2 is 1.82 bits per heavy atom. The Hall–Kier alpha value is 0.420. The lowest BCUT2D eigenvalue weighted by molar-refractivity contribution is 0.893. The van der Waals surface area contributed by atoms with E-state index in [-0.39, 0.29) is 6.04 Å². The molecule has 1 aromatic heterocycles. The van der Waals surface area contributed by atoms with Gasteiger partial charge >= 0.3 is 0 Å². The van der Waals surface area contributed by atoms with Gasteiger partial charge in [0, 0.05) is 14.4 Å². The van der Waals surface area contributed by atoms with Crippen LogP contribution in [0.4, 0.5) is 0 Å². The Balaban J connectivity index is 2.39. The number of nitrogens with two attached hydrogens (primary N) is 1. The van der Waals surface area contributed by atoms with Crippen LogP contribution in [0.5, 0.6) is 0 Å². The largest absolute Gasteiger partial charge is 0.320 e. The lowest BCUT2D eigenvalue weighted by Gasteiger charge is -2.12. The van der Waals surface area contributed by atoms with Gasteiger partial charge in [-0.2, -0.15) is 0 Å². The van der Waals surface area contributed by atoms with Gasteiger partial charge in [-0.1, -0.05) is 45.2 Å². The summed E-state index contributed by atoms with van der Waals surface area (Å²) in [6, 6.07) is 7.27. The van der Waals surface area contributed by atoms with Gasteiger partial charge in [-0.15, -0.1) is 11.3 Å². The van der Waals surface area contributed by atoms with Crippen molar-refractivity contribution in [1.29, 1.82) is 0 Å². The molecule has 1 atom stereocenters. The lowest BCUT2D eigenvalue weighted by Crippen LogP contribution is -2.10. The SMILES string of the molecule is NC(c1cc(Cl)c(Br)s1)c1ccc(Br)cc1Cl. The van der Waals surface area contributed by atoms with Gasteiger partial charge < -0.3 is 5.73 Å². The lowest BCUT2D eigenvalue weighted by atomic mass is 10.1. The summed E-state index contributed by atoms with van der Waals surface area (Å²) in [6.45, 7) is 0. The first kappa shape index (κ1) is 13.8. The molecular weight excluding hydrogens is 409 g/mol. The van der Waals surface area contributed by atoms with Gasteiger partial charge in [0.15, 0.2) is 0 Å². The number of thiophene rings is 1. The zero-order valence-corrected chi connectivity index (χ0v) is 13.9. The molecule has 1 unspecified atom stereocenters. The minimum Gasteiger partial charge on any atom is -0.320 e. The summed E-state index contributed by atoms with van der Waals surface area (Å²) >= 11 is 20.4. The molecule has 0 saturated heterocycles. The second kappa shape index (κ2) is 5.59. The molecule has 0 spiro atoms. The van der Waals surface area contributed by atoms with Crippen LogP contribution in [0.2, 0.25) is 10.0 Å². The molecule has 2 aromatic rings. The third kappa shape index (κ3) is 3.06. The molecule has 0 bridgehead atoms. The van der Waals surface area contributed by atoms with Gasteiger partial charge in [0.2, 0.25) is 0 Å². The van der Waals surface area contributed by atoms with E-state index in [1.165, 1.54) is 11.3 Å². The van der Waals surface area contributed by atoms with Gasteiger partial charge in [-0.25, -0.2) is 0 Å². The van der Waals surface area contributed by atoms with Gasteiger partial charge in [0.05, 0.1) is 14.9 Å². The summed E-state index contributed by atoms with van der Waals surface area (Å²) < 4.78 is 1.82.